The second-order valence-electron chi connectivity index (χ2n) is 7.11. The lowest BCUT2D eigenvalue weighted by atomic mass is 9.58. The molecule has 3 rings (SSSR count). The first kappa shape index (κ1) is 12.9. The van der Waals surface area contributed by atoms with Crippen molar-refractivity contribution in [3.05, 3.63) is 0 Å². The number of nitrogens with one attached hydrogen (secondary N) is 1. The summed E-state index contributed by atoms with van der Waals surface area (Å²) in [6.45, 7) is 8.71. The van der Waals surface area contributed by atoms with E-state index in [1.54, 1.807) is 0 Å². The number of hydrogen-bond donors (Lipinski definition) is 1. The van der Waals surface area contributed by atoms with E-state index in [0.29, 0.717) is 11.3 Å². The highest BCUT2D eigenvalue weighted by molar-refractivity contribution is 5.79. The van der Waals surface area contributed by atoms with Gasteiger partial charge in [0.2, 0.25) is 5.91 Å². The lowest BCUT2D eigenvalue weighted by molar-refractivity contribution is -0.129. The minimum atomic E-state index is 0.139. The predicted molar refractivity (Wildman–Crippen MR) is 70.7 cm³/mol. The largest absolute Gasteiger partial charge is 0.350 e. The first-order valence-corrected chi connectivity index (χ1v) is 7.18. The Balaban J connectivity index is 1.97. The van der Waals surface area contributed by atoms with Crippen molar-refractivity contribution < 1.29 is 4.79 Å². The molecule has 2 heteroatoms. The molecule has 0 spiro atoms. The van der Waals surface area contributed by atoms with Crippen LogP contribution in [0.25, 0.3) is 0 Å². The molecule has 1 N–H and O–H groups in total. The first-order chi connectivity index (χ1) is 7.86. The molecule has 0 aromatic carbocycles. The zero-order chi connectivity index (χ0) is 12.7. The van der Waals surface area contributed by atoms with E-state index in [0.717, 1.165) is 0 Å². The normalized spacial score (nSPS) is 38.2. The van der Waals surface area contributed by atoms with E-state index in [-0.39, 0.29) is 17.4 Å². The second kappa shape index (κ2) is 4.29. The van der Waals surface area contributed by atoms with Crippen LogP contribution in [0.1, 0.15) is 66.2 Å². The fourth-order valence-corrected chi connectivity index (χ4v) is 3.24. The molecule has 98 valence electrons. The molecule has 17 heavy (non-hydrogen) atoms. The first-order valence-electron chi connectivity index (χ1n) is 7.18. The summed E-state index contributed by atoms with van der Waals surface area (Å²) < 4.78 is 0. The molecule has 1 amide bonds. The average Bonchev–Trinajstić information content (AvgIpc) is 2.30. The quantitative estimate of drug-likeness (QED) is 0.799. The van der Waals surface area contributed by atoms with E-state index >= 15 is 0 Å². The highest BCUT2D eigenvalue weighted by Crippen LogP contribution is 2.51. The van der Waals surface area contributed by atoms with Crippen molar-refractivity contribution in [2.45, 2.75) is 71.8 Å². The molecule has 3 aliphatic carbocycles. The molecule has 0 saturated heterocycles. The monoisotopic (exact) mass is 237 g/mol. The van der Waals surface area contributed by atoms with Crippen LogP contribution in [0.4, 0.5) is 0 Å². The highest BCUT2D eigenvalue weighted by Gasteiger charge is 2.47. The smallest absolute Gasteiger partial charge is 0.223 e. The number of rotatable bonds is 3. The molecule has 0 radical (unpaired) electrons. The maximum absolute atomic E-state index is 12.2. The summed E-state index contributed by atoms with van der Waals surface area (Å²) >= 11 is 0. The number of fused-ring (bicyclic) bond motifs is 3. The zero-order valence-electron chi connectivity index (χ0n) is 11.8. The van der Waals surface area contributed by atoms with Gasteiger partial charge in [0.15, 0.2) is 0 Å². The summed E-state index contributed by atoms with van der Waals surface area (Å²) in [5, 5.41) is 3.38. The van der Waals surface area contributed by atoms with E-state index in [2.05, 4.69) is 26.1 Å². The third-order valence-corrected chi connectivity index (χ3v) is 5.42. The van der Waals surface area contributed by atoms with Gasteiger partial charge in [0.1, 0.15) is 0 Å². The van der Waals surface area contributed by atoms with Crippen LogP contribution in [-0.2, 0) is 4.79 Å². The van der Waals surface area contributed by atoms with E-state index in [1.165, 1.54) is 38.5 Å². The Labute approximate surface area is 106 Å². The fourth-order valence-electron chi connectivity index (χ4n) is 3.24. The molecule has 2 nitrogen and oxygen atoms in total. The van der Waals surface area contributed by atoms with E-state index in [9.17, 15) is 4.79 Å². The Morgan fingerprint density at radius 1 is 1.00 bits per heavy atom. The van der Waals surface area contributed by atoms with Gasteiger partial charge in [-0.2, -0.15) is 0 Å². The SMILES string of the molecule is CC(C)[C@@H](C)C(=O)NC12CCC(C)(CC1)CC2. The van der Waals surface area contributed by atoms with Crippen LogP contribution in [0.15, 0.2) is 0 Å². The van der Waals surface area contributed by atoms with E-state index in [1.807, 2.05) is 6.92 Å². The third-order valence-electron chi connectivity index (χ3n) is 5.42. The van der Waals surface area contributed by atoms with Gasteiger partial charge in [-0.15, -0.1) is 0 Å². The number of carbonyl (C=O) groups excluding carboxylic acids is 1. The molecule has 3 fully saturated rings. The van der Waals surface area contributed by atoms with Crippen LogP contribution in [0, 0.1) is 17.3 Å². The summed E-state index contributed by atoms with van der Waals surface area (Å²) in [7, 11) is 0. The Bertz CT molecular complexity index is 284. The van der Waals surface area contributed by atoms with Gasteiger partial charge in [-0.05, 0) is 49.9 Å². The lowest BCUT2D eigenvalue weighted by Gasteiger charge is -2.52. The number of amides is 1. The summed E-state index contributed by atoms with van der Waals surface area (Å²) in [5.74, 6) is 0.842. The van der Waals surface area contributed by atoms with Crippen molar-refractivity contribution in [3.8, 4) is 0 Å². The number of carbonyl (C=O) groups is 1. The topological polar surface area (TPSA) is 29.1 Å². The van der Waals surface area contributed by atoms with Crippen molar-refractivity contribution >= 4 is 5.91 Å². The summed E-state index contributed by atoms with van der Waals surface area (Å²) in [5.41, 5.74) is 0.730. The van der Waals surface area contributed by atoms with Crippen LogP contribution in [0.2, 0.25) is 0 Å². The van der Waals surface area contributed by atoms with Gasteiger partial charge in [-0.1, -0.05) is 27.7 Å². The standard InChI is InChI=1S/C15H27NO/c1-11(2)12(3)13(17)16-15-8-5-14(4,6-9-15)7-10-15/h11-12H,5-10H2,1-4H3,(H,16,17)/t12-,14?,15?/m1/s1. The minimum absolute atomic E-state index is 0.139. The van der Waals surface area contributed by atoms with Crippen LogP contribution >= 0.6 is 0 Å². The third kappa shape index (κ3) is 2.51. The summed E-state index contributed by atoms with van der Waals surface area (Å²) in [6.07, 6.45) is 7.47. The van der Waals surface area contributed by atoms with Crippen molar-refractivity contribution in [2.75, 3.05) is 0 Å². The van der Waals surface area contributed by atoms with Crippen molar-refractivity contribution in [3.63, 3.8) is 0 Å². The molecule has 0 aliphatic heterocycles. The molecular weight excluding hydrogens is 210 g/mol. The van der Waals surface area contributed by atoms with E-state index < -0.39 is 0 Å². The van der Waals surface area contributed by atoms with Crippen molar-refractivity contribution in [1.29, 1.82) is 0 Å². The van der Waals surface area contributed by atoms with Gasteiger partial charge < -0.3 is 5.32 Å². The molecular formula is C15H27NO. The molecule has 3 aliphatic rings. The minimum Gasteiger partial charge on any atom is -0.350 e. The molecule has 0 aromatic rings. The highest BCUT2D eigenvalue weighted by atomic mass is 16.2. The lowest BCUT2D eigenvalue weighted by Crippen LogP contribution is -2.57. The van der Waals surface area contributed by atoms with E-state index in [4.69, 9.17) is 0 Å². The molecule has 1 atom stereocenters. The second-order valence-corrected chi connectivity index (χ2v) is 7.11. The van der Waals surface area contributed by atoms with Gasteiger partial charge >= 0.3 is 0 Å². The van der Waals surface area contributed by atoms with Crippen LogP contribution in [-0.4, -0.2) is 11.4 Å². The van der Waals surface area contributed by atoms with Gasteiger partial charge in [-0.3, -0.25) is 4.79 Å². The molecule has 3 saturated carbocycles. The van der Waals surface area contributed by atoms with Gasteiger partial charge in [0.05, 0.1) is 0 Å². The summed E-state index contributed by atoms with van der Waals surface area (Å²) in [4.78, 5) is 12.2. The molecule has 0 heterocycles. The molecule has 2 bridgehead atoms. The predicted octanol–water partition coefficient (Wildman–Crippen LogP) is 3.51. The number of hydrogen-bond acceptors (Lipinski definition) is 1. The van der Waals surface area contributed by atoms with Crippen molar-refractivity contribution in [1.82, 2.24) is 5.32 Å². The zero-order valence-corrected chi connectivity index (χ0v) is 11.8. The molecule has 0 aromatic heterocycles. The summed E-state index contributed by atoms with van der Waals surface area (Å²) in [6, 6.07) is 0. The van der Waals surface area contributed by atoms with Crippen molar-refractivity contribution in [2.24, 2.45) is 17.3 Å². The van der Waals surface area contributed by atoms with Crippen LogP contribution in [0.5, 0.6) is 0 Å². The fraction of sp³-hybridized carbons (Fsp3) is 0.933. The maximum Gasteiger partial charge on any atom is 0.223 e. The van der Waals surface area contributed by atoms with Crippen LogP contribution < -0.4 is 5.32 Å². The van der Waals surface area contributed by atoms with Gasteiger partial charge in [0.25, 0.3) is 0 Å². The maximum atomic E-state index is 12.2. The molecule has 0 unspecified atom stereocenters. The Kier molecular flexibility index (Phi) is 3.26. The Hall–Kier alpha value is -0.530. The van der Waals surface area contributed by atoms with Crippen LogP contribution in [0.3, 0.4) is 0 Å². The Morgan fingerprint density at radius 3 is 1.88 bits per heavy atom. The average molecular weight is 237 g/mol. The Morgan fingerprint density at radius 2 is 1.47 bits per heavy atom. The van der Waals surface area contributed by atoms with Gasteiger partial charge in [-0.25, -0.2) is 0 Å². The van der Waals surface area contributed by atoms with Gasteiger partial charge in [0, 0.05) is 11.5 Å².